The lowest BCUT2D eigenvalue weighted by atomic mass is 10.1. The number of likely N-dealkylation sites (N-methyl/N-ethyl adjacent to an activating group) is 1. The first-order valence-electron chi connectivity index (χ1n) is 5.57. The zero-order chi connectivity index (χ0) is 10.5. The van der Waals surface area contributed by atoms with Gasteiger partial charge in [-0.15, -0.1) is 0 Å². The number of benzene rings is 1. The molecule has 1 heteroatoms. The minimum absolute atomic E-state index is 0.516. The van der Waals surface area contributed by atoms with E-state index in [4.69, 9.17) is 0 Å². The second kappa shape index (κ2) is 4.83. The van der Waals surface area contributed by atoms with Gasteiger partial charge in [0.1, 0.15) is 0 Å². The number of allylic oxidation sites excluding steroid dienone is 2. The van der Waals surface area contributed by atoms with Crippen molar-refractivity contribution in [1.82, 2.24) is 0 Å². The first-order chi connectivity index (χ1) is 7.42. The molecule has 0 saturated heterocycles. The van der Waals surface area contributed by atoms with Gasteiger partial charge < -0.3 is 4.90 Å². The molecule has 15 heavy (non-hydrogen) atoms. The van der Waals surface area contributed by atoms with Crippen LogP contribution in [0, 0.1) is 0 Å². The van der Waals surface area contributed by atoms with Crippen LogP contribution in [0.25, 0.3) is 0 Å². The highest BCUT2D eigenvalue weighted by Crippen LogP contribution is 2.20. The number of anilines is 1. The lowest BCUT2D eigenvalue weighted by Crippen LogP contribution is -2.33. The molecular weight excluding hydrogens is 182 g/mol. The minimum atomic E-state index is 0.516. The third-order valence-electron chi connectivity index (χ3n) is 2.79. The Morgan fingerprint density at radius 3 is 2.60 bits per heavy atom. The first kappa shape index (κ1) is 10.0. The molecule has 0 radical (unpaired) electrons. The number of nitrogens with zero attached hydrogens (tertiary/aromatic N) is 1. The Morgan fingerprint density at radius 2 is 2.00 bits per heavy atom. The summed E-state index contributed by atoms with van der Waals surface area (Å²) in [5, 5.41) is 0. The van der Waals surface area contributed by atoms with Crippen molar-refractivity contribution in [2.75, 3.05) is 11.4 Å². The monoisotopic (exact) mass is 199 g/mol. The highest BCUT2D eigenvalue weighted by atomic mass is 15.1. The molecule has 0 aromatic heterocycles. The van der Waals surface area contributed by atoms with E-state index in [1.807, 2.05) is 0 Å². The molecule has 0 saturated carbocycles. The van der Waals surface area contributed by atoms with Gasteiger partial charge in [-0.25, -0.2) is 0 Å². The predicted molar refractivity (Wildman–Crippen MR) is 66.1 cm³/mol. The summed E-state index contributed by atoms with van der Waals surface area (Å²) >= 11 is 0. The largest absolute Gasteiger partial charge is 0.365 e. The molecule has 1 unspecified atom stereocenters. The third-order valence-corrected chi connectivity index (χ3v) is 2.79. The predicted octanol–water partition coefficient (Wildman–Crippen LogP) is 3.40. The molecule has 78 valence electrons. The van der Waals surface area contributed by atoms with Crippen molar-refractivity contribution >= 4 is 5.69 Å². The number of hydrogen-bond acceptors (Lipinski definition) is 1. The second-order valence-corrected chi connectivity index (χ2v) is 3.74. The summed E-state index contributed by atoms with van der Waals surface area (Å²) in [6.07, 6.45) is 9.88. The second-order valence-electron chi connectivity index (χ2n) is 3.74. The number of hydrogen-bond donors (Lipinski definition) is 0. The zero-order valence-corrected chi connectivity index (χ0v) is 9.13. The molecule has 0 heterocycles. The molecule has 2 rings (SSSR count). The molecule has 0 bridgehead atoms. The molecule has 1 aromatic rings. The van der Waals surface area contributed by atoms with E-state index in [1.54, 1.807) is 0 Å². The van der Waals surface area contributed by atoms with Crippen LogP contribution >= 0.6 is 0 Å². The Hall–Kier alpha value is -1.50. The van der Waals surface area contributed by atoms with Gasteiger partial charge in [-0.1, -0.05) is 42.5 Å². The van der Waals surface area contributed by atoms with Crippen LogP contribution < -0.4 is 4.90 Å². The summed E-state index contributed by atoms with van der Waals surface area (Å²) in [7, 11) is 0. The summed E-state index contributed by atoms with van der Waals surface area (Å²) in [5.74, 6) is 0. The van der Waals surface area contributed by atoms with Gasteiger partial charge in [0.05, 0.1) is 6.04 Å². The van der Waals surface area contributed by atoms with E-state index in [2.05, 4.69) is 66.5 Å². The van der Waals surface area contributed by atoms with E-state index in [-0.39, 0.29) is 0 Å². The van der Waals surface area contributed by atoms with Crippen LogP contribution in [0.3, 0.4) is 0 Å². The van der Waals surface area contributed by atoms with E-state index >= 15 is 0 Å². The smallest absolute Gasteiger partial charge is 0.0510 e. The fraction of sp³-hybridized carbons (Fsp3) is 0.286. The Kier molecular flexibility index (Phi) is 3.23. The van der Waals surface area contributed by atoms with Gasteiger partial charge >= 0.3 is 0 Å². The Morgan fingerprint density at radius 1 is 1.20 bits per heavy atom. The first-order valence-corrected chi connectivity index (χ1v) is 5.57. The van der Waals surface area contributed by atoms with Crippen LogP contribution in [0.1, 0.15) is 13.3 Å². The van der Waals surface area contributed by atoms with Crippen molar-refractivity contribution in [1.29, 1.82) is 0 Å². The van der Waals surface area contributed by atoms with Crippen LogP contribution in [0.15, 0.2) is 54.6 Å². The molecule has 1 aliphatic rings. The average Bonchev–Trinajstić information content (AvgIpc) is 2.33. The quantitative estimate of drug-likeness (QED) is 0.721. The van der Waals surface area contributed by atoms with Crippen molar-refractivity contribution in [3.8, 4) is 0 Å². The summed E-state index contributed by atoms with van der Waals surface area (Å²) in [4.78, 5) is 2.43. The minimum Gasteiger partial charge on any atom is -0.365 e. The van der Waals surface area contributed by atoms with Crippen molar-refractivity contribution in [3.05, 3.63) is 54.6 Å². The molecule has 1 atom stereocenters. The van der Waals surface area contributed by atoms with Crippen molar-refractivity contribution in [2.45, 2.75) is 19.4 Å². The van der Waals surface area contributed by atoms with Gasteiger partial charge in [-0.3, -0.25) is 0 Å². The van der Waals surface area contributed by atoms with Gasteiger partial charge in [0, 0.05) is 12.2 Å². The molecule has 0 aliphatic heterocycles. The van der Waals surface area contributed by atoms with Crippen LogP contribution in [0.4, 0.5) is 5.69 Å². The summed E-state index contributed by atoms with van der Waals surface area (Å²) in [5.41, 5.74) is 1.31. The van der Waals surface area contributed by atoms with Crippen LogP contribution in [0.2, 0.25) is 0 Å². The normalized spacial score (nSPS) is 19.1. The lowest BCUT2D eigenvalue weighted by Gasteiger charge is -2.31. The lowest BCUT2D eigenvalue weighted by molar-refractivity contribution is 0.705. The summed E-state index contributed by atoms with van der Waals surface area (Å²) in [6.45, 7) is 3.26. The third kappa shape index (κ3) is 2.30. The van der Waals surface area contributed by atoms with Crippen molar-refractivity contribution in [2.24, 2.45) is 0 Å². The highest BCUT2D eigenvalue weighted by molar-refractivity contribution is 5.48. The van der Waals surface area contributed by atoms with Crippen LogP contribution in [0.5, 0.6) is 0 Å². The molecular formula is C14H17N. The SMILES string of the molecule is CCN(c1ccccc1)C1C=CC=CC1. The zero-order valence-electron chi connectivity index (χ0n) is 9.13. The van der Waals surface area contributed by atoms with Gasteiger partial charge in [0.25, 0.3) is 0 Å². The average molecular weight is 199 g/mol. The molecule has 0 amide bonds. The molecule has 1 nitrogen and oxygen atoms in total. The Bertz CT molecular complexity index is 351. The van der Waals surface area contributed by atoms with Gasteiger partial charge in [-0.05, 0) is 25.5 Å². The molecule has 1 aliphatic carbocycles. The topological polar surface area (TPSA) is 3.24 Å². The molecule has 1 aromatic carbocycles. The van der Waals surface area contributed by atoms with E-state index in [1.165, 1.54) is 5.69 Å². The maximum Gasteiger partial charge on any atom is 0.0510 e. The van der Waals surface area contributed by atoms with Crippen molar-refractivity contribution in [3.63, 3.8) is 0 Å². The number of rotatable bonds is 3. The Labute approximate surface area is 91.7 Å². The molecule has 0 fully saturated rings. The fourth-order valence-corrected chi connectivity index (χ4v) is 2.03. The fourth-order valence-electron chi connectivity index (χ4n) is 2.03. The summed E-state index contributed by atoms with van der Waals surface area (Å²) < 4.78 is 0. The van der Waals surface area contributed by atoms with E-state index < -0.39 is 0 Å². The number of para-hydroxylation sites is 1. The molecule has 0 spiro atoms. The van der Waals surface area contributed by atoms with E-state index in [0.29, 0.717) is 6.04 Å². The molecule has 0 N–H and O–H groups in total. The van der Waals surface area contributed by atoms with Gasteiger partial charge in [0.15, 0.2) is 0 Å². The maximum absolute atomic E-state index is 2.43. The van der Waals surface area contributed by atoms with Gasteiger partial charge in [-0.2, -0.15) is 0 Å². The van der Waals surface area contributed by atoms with Gasteiger partial charge in [0.2, 0.25) is 0 Å². The Balaban J connectivity index is 2.17. The standard InChI is InChI=1S/C14H17N/c1-2-15(13-9-5-3-6-10-13)14-11-7-4-8-12-14/h3-11,14H,2,12H2,1H3. The van der Waals surface area contributed by atoms with Crippen LogP contribution in [-0.4, -0.2) is 12.6 Å². The van der Waals surface area contributed by atoms with Crippen molar-refractivity contribution < 1.29 is 0 Å². The van der Waals surface area contributed by atoms with Crippen LogP contribution in [-0.2, 0) is 0 Å². The maximum atomic E-state index is 2.43. The highest BCUT2D eigenvalue weighted by Gasteiger charge is 2.14. The van der Waals surface area contributed by atoms with E-state index in [9.17, 15) is 0 Å². The van der Waals surface area contributed by atoms with E-state index in [0.717, 1.165) is 13.0 Å². The summed E-state index contributed by atoms with van der Waals surface area (Å²) in [6, 6.07) is 11.1.